The number of rotatable bonds is 18. The molecule has 36 heavy (non-hydrogen) atoms. The maximum atomic E-state index is 10.4. The minimum Gasteiger partial charge on any atom is -0.394 e. The van der Waals surface area contributed by atoms with E-state index in [9.17, 15) is 12.8 Å². The van der Waals surface area contributed by atoms with E-state index in [0.29, 0.717) is 59.4 Å². The molecule has 0 amide bonds. The second-order valence-electron chi connectivity index (χ2n) is 5.11. The Kier molecular flexibility index (Phi) is 63.8. The van der Waals surface area contributed by atoms with Crippen molar-refractivity contribution in [3.8, 4) is 0 Å². The zero-order valence-corrected chi connectivity index (χ0v) is 24.6. The predicted octanol–water partition coefficient (Wildman–Crippen LogP) is -1.32. The van der Waals surface area contributed by atoms with Crippen molar-refractivity contribution in [2.24, 2.45) is 5.11 Å². The molecule has 0 aromatic rings. The van der Waals surface area contributed by atoms with Gasteiger partial charge in [0, 0.05) is 32.8 Å². The molecule has 16 nitrogen and oxygen atoms in total. The van der Waals surface area contributed by atoms with Gasteiger partial charge in [0.2, 0.25) is 0 Å². The van der Waals surface area contributed by atoms with Crippen LogP contribution in [0.5, 0.6) is 0 Å². The molecule has 0 saturated carbocycles. The van der Waals surface area contributed by atoms with Crippen molar-refractivity contribution >= 4 is 10.1 Å². The Morgan fingerprint density at radius 1 is 0.833 bits per heavy atom. The van der Waals surface area contributed by atoms with E-state index in [0.717, 1.165) is 6.26 Å². The average Bonchev–Trinajstić information content (AvgIpc) is 2.83. The molecule has 1 N–H and O–H groups in total. The molecule has 0 aliphatic carbocycles. The molecule has 0 spiro atoms. The number of alkyl halides is 1. The van der Waals surface area contributed by atoms with Crippen LogP contribution in [0.2, 0.25) is 0 Å². The summed E-state index contributed by atoms with van der Waals surface area (Å²) in [4.78, 5) is 4.07. The van der Waals surface area contributed by atoms with E-state index < -0.39 is 17.3 Å². The zero-order valence-electron chi connectivity index (χ0n) is 22.8. The van der Waals surface area contributed by atoms with Gasteiger partial charge in [0.1, 0.15) is 0 Å². The third-order valence-corrected chi connectivity index (χ3v) is 3.05. The number of ether oxygens (including phenoxy) is 6. The number of hydrogen-bond donors (Lipinski definition) is 1. The van der Waals surface area contributed by atoms with Crippen LogP contribution in [-0.2, 0) is 42.7 Å². The van der Waals surface area contributed by atoms with Crippen LogP contribution in [-0.4, -0.2) is 127 Å². The van der Waals surface area contributed by atoms with Crippen molar-refractivity contribution in [3.05, 3.63) is 26.4 Å². The number of azide groups is 1. The molecule has 0 radical (unpaired) electrons. The van der Waals surface area contributed by atoms with Gasteiger partial charge in [-0.3, -0.25) is 13.5 Å². The SMILES string of the molecule is COCCOCCN=[N+]=[N-].COCCOCCO.COCCOCCOS(C)(=O)=O.[2H]CF.[N-]=[N+]=[N-].[Na+]. The fourth-order valence-electron chi connectivity index (χ4n) is 1.19. The Hall–Kier alpha value is -0.820. The number of aliphatic hydroxyl groups excluding tert-OH is 1. The van der Waals surface area contributed by atoms with Crippen LogP contribution in [0.3, 0.4) is 0 Å². The summed E-state index contributed by atoms with van der Waals surface area (Å²) >= 11 is 0. The molecule has 19 heteroatoms. The van der Waals surface area contributed by atoms with E-state index >= 15 is 0 Å². The van der Waals surface area contributed by atoms with Crippen LogP contribution in [0.1, 0.15) is 1.37 Å². The summed E-state index contributed by atoms with van der Waals surface area (Å²) in [6.07, 6.45) is 1.00. The minimum atomic E-state index is -3.33. The van der Waals surface area contributed by atoms with E-state index in [1.165, 1.54) is 4.91 Å². The van der Waals surface area contributed by atoms with Gasteiger partial charge in [-0.2, -0.15) is 8.42 Å². The van der Waals surface area contributed by atoms with Gasteiger partial charge >= 0.3 is 29.6 Å². The second kappa shape index (κ2) is 50.9. The number of methoxy groups -OCH3 is 3. The molecular formula is C17H40FN6NaO10S. The van der Waals surface area contributed by atoms with Crippen molar-refractivity contribution in [2.75, 3.05) is 114 Å². The molecule has 0 fully saturated rings. The van der Waals surface area contributed by atoms with Crippen molar-refractivity contribution < 1.29 is 81.4 Å². The number of halogens is 1. The van der Waals surface area contributed by atoms with Gasteiger partial charge in [-0.1, -0.05) is 5.11 Å². The summed E-state index contributed by atoms with van der Waals surface area (Å²) in [5.74, 6) is 0. The maximum absolute atomic E-state index is 10.4. The standard InChI is InChI=1S/C6H14O5S.C5H11N3O2.C5H12O3.CH3F.N3.Na/c1-9-3-4-10-5-6-11-12(2,7)8;1-9-4-5-10-3-2-7-8-6;1-7-4-5-8-3-2-6;1-2;1-3-2;/h3-6H2,1-2H3;2-5H2,1H3;6H,2-5H2,1H3;1H3;;/q;;;;-1;+1/i;;;1D;;. The van der Waals surface area contributed by atoms with Crippen LogP contribution in [0.25, 0.3) is 26.4 Å². The molecule has 0 heterocycles. The summed E-state index contributed by atoms with van der Waals surface area (Å²) in [6, 6.07) is 0. The Balaban J connectivity index is -0.0000000878. The Morgan fingerprint density at radius 3 is 1.53 bits per heavy atom. The number of hydrogen-bond acceptors (Lipinski definition) is 11. The molecule has 0 atom stereocenters. The smallest absolute Gasteiger partial charge is 0.394 e. The predicted molar refractivity (Wildman–Crippen MR) is 127 cm³/mol. The van der Waals surface area contributed by atoms with Crippen LogP contribution >= 0.6 is 0 Å². The van der Waals surface area contributed by atoms with E-state index in [-0.39, 0.29) is 49.4 Å². The second-order valence-corrected chi connectivity index (χ2v) is 6.75. The normalized spacial score (nSPS) is 9.33. The first kappa shape index (κ1) is 45.1. The van der Waals surface area contributed by atoms with Crippen LogP contribution in [0.4, 0.5) is 4.39 Å². The fourth-order valence-corrected chi connectivity index (χ4v) is 1.56. The van der Waals surface area contributed by atoms with Crippen molar-refractivity contribution in [3.63, 3.8) is 0 Å². The summed E-state index contributed by atoms with van der Waals surface area (Å²) in [5.41, 5.74) is 21.3. The van der Waals surface area contributed by atoms with Gasteiger partial charge in [0.25, 0.3) is 10.1 Å². The minimum absolute atomic E-state index is 0. The molecule has 0 unspecified atom stereocenters. The van der Waals surface area contributed by atoms with E-state index in [2.05, 4.69) is 18.9 Å². The largest absolute Gasteiger partial charge is 1.00 e. The maximum Gasteiger partial charge on any atom is 1.00 e. The average molecular weight is 564 g/mol. The van der Waals surface area contributed by atoms with Gasteiger partial charge in [-0.05, 0) is 5.53 Å². The van der Waals surface area contributed by atoms with E-state index in [4.69, 9.17) is 46.8 Å². The summed E-state index contributed by atoms with van der Waals surface area (Å²) in [5, 5.41) is 11.5. The van der Waals surface area contributed by atoms with Gasteiger partial charge in [-0.25, -0.2) is 0 Å². The van der Waals surface area contributed by atoms with Crippen LogP contribution in [0.15, 0.2) is 5.11 Å². The molecule has 0 bridgehead atoms. The van der Waals surface area contributed by atoms with Crippen LogP contribution < -0.4 is 29.6 Å². The molecule has 212 valence electrons. The molecule has 0 rings (SSSR count). The quantitative estimate of drug-likeness (QED) is 0.0516. The first-order chi connectivity index (χ1) is 17.2. The van der Waals surface area contributed by atoms with Gasteiger partial charge in [-0.15, -0.1) is 0 Å². The van der Waals surface area contributed by atoms with Gasteiger partial charge in [0.15, 0.2) is 0 Å². The Bertz CT molecular complexity index is 573. The Labute approximate surface area is 236 Å². The summed E-state index contributed by atoms with van der Waals surface area (Å²) < 4.78 is 69.6. The molecular weight excluding hydrogens is 522 g/mol. The van der Waals surface area contributed by atoms with Gasteiger partial charge < -0.3 is 44.6 Å². The third kappa shape index (κ3) is 84.4. The number of aliphatic hydroxyl groups is 1. The van der Waals surface area contributed by atoms with Crippen LogP contribution in [0, 0.1) is 0 Å². The van der Waals surface area contributed by atoms with Crippen molar-refractivity contribution in [2.45, 2.75) is 0 Å². The summed E-state index contributed by atoms with van der Waals surface area (Å²) in [7, 11) is 0.459. The molecule has 0 aromatic heterocycles. The zero-order chi connectivity index (χ0) is 28.8. The summed E-state index contributed by atoms with van der Waals surface area (Å²) in [6.45, 7) is 4.91. The van der Waals surface area contributed by atoms with E-state index in [1.54, 1.807) is 21.3 Å². The molecule has 0 aromatic carbocycles. The van der Waals surface area contributed by atoms with Gasteiger partial charge in [0.05, 0.1) is 87.5 Å². The first-order valence-electron chi connectivity index (χ1n) is 10.4. The molecule has 0 saturated heterocycles. The molecule has 0 aliphatic rings. The number of nitrogens with zero attached hydrogens (tertiary/aromatic N) is 6. The monoisotopic (exact) mass is 563 g/mol. The Morgan fingerprint density at radius 2 is 1.19 bits per heavy atom. The van der Waals surface area contributed by atoms with E-state index in [1.807, 2.05) is 0 Å². The van der Waals surface area contributed by atoms with Crippen molar-refractivity contribution in [1.29, 1.82) is 0 Å². The van der Waals surface area contributed by atoms with Crippen molar-refractivity contribution in [1.82, 2.24) is 0 Å². The fraction of sp³-hybridized carbons (Fsp3) is 1.00. The molecule has 0 aliphatic heterocycles. The topological polar surface area (TPSA) is 226 Å². The first-order valence-corrected chi connectivity index (χ1v) is 11.5. The third-order valence-electron chi connectivity index (χ3n) is 2.45.